The molecular weight excluding hydrogens is 376 g/mol. The molecule has 29 heavy (non-hydrogen) atoms. The number of hydrogen-bond donors (Lipinski definition) is 2. The molecule has 2 N–H and O–H groups in total. The second kappa shape index (κ2) is 10.6. The number of nitriles is 1. The van der Waals surface area contributed by atoms with Crippen molar-refractivity contribution >= 4 is 12.0 Å². The minimum Gasteiger partial charge on any atom is -0.496 e. The van der Waals surface area contributed by atoms with E-state index in [1.807, 2.05) is 6.07 Å². The third-order valence-corrected chi connectivity index (χ3v) is 5.11. The lowest BCUT2D eigenvalue weighted by atomic mass is 9.97. The van der Waals surface area contributed by atoms with Crippen molar-refractivity contribution in [1.82, 2.24) is 14.7 Å². The Morgan fingerprint density at radius 1 is 1.21 bits per heavy atom. The molecule has 1 aliphatic rings. The van der Waals surface area contributed by atoms with Gasteiger partial charge in [-0.2, -0.15) is 5.26 Å². The van der Waals surface area contributed by atoms with Gasteiger partial charge in [0, 0.05) is 51.9 Å². The van der Waals surface area contributed by atoms with Gasteiger partial charge < -0.3 is 24.7 Å². The molecule has 0 saturated carbocycles. The maximum absolute atomic E-state index is 12.5. The van der Waals surface area contributed by atoms with Crippen molar-refractivity contribution in [3.63, 3.8) is 0 Å². The largest absolute Gasteiger partial charge is 0.496 e. The predicted octanol–water partition coefficient (Wildman–Crippen LogP) is 0.550. The van der Waals surface area contributed by atoms with Crippen LogP contribution in [0.15, 0.2) is 12.1 Å². The van der Waals surface area contributed by atoms with Crippen molar-refractivity contribution in [2.75, 3.05) is 53.5 Å². The van der Waals surface area contributed by atoms with Crippen LogP contribution < -0.4 is 4.74 Å². The zero-order valence-electron chi connectivity index (χ0n) is 16.9. The van der Waals surface area contributed by atoms with Crippen molar-refractivity contribution in [2.45, 2.75) is 19.4 Å². The number of carbonyl (C=O) groups excluding carboxylic acids is 1. The van der Waals surface area contributed by atoms with Gasteiger partial charge in [-0.25, -0.2) is 4.79 Å². The number of ether oxygens (including phenoxy) is 1. The van der Waals surface area contributed by atoms with Crippen LogP contribution in [-0.4, -0.2) is 90.4 Å². The lowest BCUT2D eigenvalue weighted by molar-refractivity contribution is -0.129. The van der Waals surface area contributed by atoms with E-state index in [-0.39, 0.29) is 31.9 Å². The topological polar surface area (TPSA) is 117 Å². The Balaban J connectivity index is 2.25. The summed E-state index contributed by atoms with van der Waals surface area (Å²) in [6, 6.07) is 5.84. The zero-order valence-corrected chi connectivity index (χ0v) is 16.9. The first-order valence-electron chi connectivity index (χ1n) is 9.50. The molecule has 1 saturated heterocycles. The number of aliphatic hydroxyl groups excluding tert-OH is 1. The summed E-state index contributed by atoms with van der Waals surface area (Å²) in [5.41, 5.74) is 2.48. The first-order chi connectivity index (χ1) is 13.9. The number of aliphatic hydroxyl groups is 1. The molecule has 1 aromatic rings. The first kappa shape index (κ1) is 22.5. The molecule has 1 fully saturated rings. The maximum atomic E-state index is 12.5. The molecule has 0 bridgehead atoms. The molecule has 2 amide bonds. The van der Waals surface area contributed by atoms with Crippen LogP contribution in [-0.2, 0) is 24.2 Å². The van der Waals surface area contributed by atoms with Gasteiger partial charge in [-0.3, -0.25) is 9.69 Å². The molecule has 1 aromatic carbocycles. The maximum Gasteiger partial charge on any atom is 0.407 e. The zero-order chi connectivity index (χ0) is 21.4. The van der Waals surface area contributed by atoms with E-state index in [9.17, 15) is 9.59 Å². The SMILES string of the molecule is COc1cc(CC(=O)N(C)CCO)c(CN2CCN(C(=O)O)CC2)cc1CC#N. The van der Waals surface area contributed by atoms with E-state index < -0.39 is 6.09 Å². The van der Waals surface area contributed by atoms with Crippen molar-refractivity contribution in [3.05, 3.63) is 28.8 Å². The van der Waals surface area contributed by atoms with Crippen molar-refractivity contribution in [3.8, 4) is 11.8 Å². The van der Waals surface area contributed by atoms with Crippen LogP contribution in [0.1, 0.15) is 16.7 Å². The lowest BCUT2D eigenvalue weighted by Gasteiger charge is -2.33. The fourth-order valence-electron chi connectivity index (χ4n) is 3.35. The van der Waals surface area contributed by atoms with Crippen LogP contribution in [0, 0.1) is 11.3 Å². The number of carboxylic acid groups (broad SMARTS) is 1. The van der Waals surface area contributed by atoms with E-state index in [0.29, 0.717) is 38.5 Å². The highest BCUT2D eigenvalue weighted by atomic mass is 16.5. The van der Waals surface area contributed by atoms with Crippen molar-refractivity contribution < 1.29 is 24.5 Å². The van der Waals surface area contributed by atoms with Gasteiger partial charge in [0.05, 0.1) is 32.6 Å². The average molecular weight is 404 g/mol. The number of methoxy groups -OCH3 is 1. The van der Waals surface area contributed by atoms with Crippen LogP contribution in [0.5, 0.6) is 5.75 Å². The number of nitrogens with zero attached hydrogens (tertiary/aromatic N) is 4. The average Bonchev–Trinajstić information content (AvgIpc) is 2.70. The highest BCUT2D eigenvalue weighted by molar-refractivity contribution is 5.79. The monoisotopic (exact) mass is 404 g/mol. The van der Waals surface area contributed by atoms with Gasteiger partial charge in [0.2, 0.25) is 5.91 Å². The third kappa shape index (κ3) is 6.07. The standard InChI is InChI=1S/C20H28N4O5/c1-22(9-10-25)19(26)13-16-12-18(29-2)15(3-4-21)11-17(16)14-23-5-7-24(8-6-23)20(27)28/h11-12,25H,3,5-10,13-14H2,1-2H3,(H,27,28). The quantitative estimate of drug-likeness (QED) is 0.650. The number of carbonyl (C=O) groups is 2. The molecule has 0 aliphatic carbocycles. The van der Waals surface area contributed by atoms with E-state index in [4.69, 9.17) is 20.2 Å². The predicted molar refractivity (Wildman–Crippen MR) is 106 cm³/mol. The fourth-order valence-corrected chi connectivity index (χ4v) is 3.35. The molecule has 0 unspecified atom stereocenters. The highest BCUT2D eigenvalue weighted by Gasteiger charge is 2.22. The van der Waals surface area contributed by atoms with Crippen molar-refractivity contribution in [2.24, 2.45) is 0 Å². The molecule has 0 spiro atoms. The molecule has 0 radical (unpaired) electrons. The van der Waals surface area contributed by atoms with Gasteiger partial charge >= 0.3 is 6.09 Å². The summed E-state index contributed by atoms with van der Waals surface area (Å²) < 4.78 is 5.41. The smallest absolute Gasteiger partial charge is 0.407 e. The molecule has 9 heteroatoms. The number of rotatable bonds is 8. The van der Waals surface area contributed by atoms with Gasteiger partial charge in [0.15, 0.2) is 0 Å². The van der Waals surface area contributed by atoms with E-state index in [1.165, 1.54) is 16.9 Å². The van der Waals surface area contributed by atoms with Crippen LogP contribution in [0.3, 0.4) is 0 Å². The second-order valence-corrected chi connectivity index (χ2v) is 7.03. The molecule has 158 valence electrons. The van der Waals surface area contributed by atoms with Gasteiger partial charge in [0.25, 0.3) is 0 Å². The molecule has 0 atom stereocenters. The summed E-state index contributed by atoms with van der Waals surface area (Å²) in [7, 11) is 3.18. The number of piperazine rings is 1. The van der Waals surface area contributed by atoms with Crippen LogP contribution in [0.2, 0.25) is 0 Å². The molecule has 2 rings (SSSR count). The van der Waals surface area contributed by atoms with Gasteiger partial charge in [0.1, 0.15) is 5.75 Å². The van der Waals surface area contributed by atoms with Crippen LogP contribution in [0.4, 0.5) is 4.79 Å². The Morgan fingerprint density at radius 2 is 1.90 bits per heavy atom. The van der Waals surface area contributed by atoms with Gasteiger partial charge in [-0.15, -0.1) is 0 Å². The summed E-state index contributed by atoms with van der Waals surface area (Å²) in [4.78, 5) is 28.6. The summed E-state index contributed by atoms with van der Waals surface area (Å²) in [6.45, 7) is 2.78. The Kier molecular flexibility index (Phi) is 8.24. The summed E-state index contributed by atoms with van der Waals surface area (Å²) >= 11 is 0. The summed E-state index contributed by atoms with van der Waals surface area (Å²) in [6.07, 6.45) is -0.560. The molecule has 1 aliphatic heterocycles. The second-order valence-electron chi connectivity index (χ2n) is 7.03. The normalized spacial score (nSPS) is 14.3. The third-order valence-electron chi connectivity index (χ3n) is 5.11. The Morgan fingerprint density at radius 3 is 2.45 bits per heavy atom. The van der Waals surface area contributed by atoms with E-state index in [1.54, 1.807) is 13.1 Å². The van der Waals surface area contributed by atoms with Crippen LogP contribution in [0.25, 0.3) is 0 Å². The Hall–Kier alpha value is -2.83. The number of benzene rings is 1. The molecule has 1 heterocycles. The molecular formula is C20H28N4O5. The lowest BCUT2D eigenvalue weighted by Crippen LogP contribution is -2.47. The van der Waals surface area contributed by atoms with E-state index in [0.717, 1.165) is 16.7 Å². The van der Waals surface area contributed by atoms with E-state index >= 15 is 0 Å². The first-order valence-corrected chi connectivity index (χ1v) is 9.50. The van der Waals surface area contributed by atoms with Gasteiger partial charge in [-0.05, 0) is 23.3 Å². The Bertz CT molecular complexity index is 769. The molecule has 0 aromatic heterocycles. The van der Waals surface area contributed by atoms with Gasteiger partial charge in [-0.1, -0.05) is 0 Å². The number of amides is 2. The Labute approximate surface area is 170 Å². The molecule has 9 nitrogen and oxygen atoms in total. The van der Waals surface area contributed by atoms with E-state index in [2.05, 4.69) is 11.0 Å². The van der Waals surface area contributed by atoms with Crippen LogP contribution >= 0.6 is 0 Å². The van der Waals surface area contributed by atoms with Crippen molar-refractivity contribution in [1.29, 1.82) is 5.26 Å². The highest BCUT2D eigenvalue weighted by Crippen LogP contribution is 2.26. The minimum atomic E-state index is -0.913. The number of hydrogen-bond acceptors (Lipinski definition) is 6. The fraction of sp³-hybridized carbons (Fsp3) is 0.550. The minimum absolute atomic E-state index is 0.104. The summed E-state index contributed by atoms with van der Waals surface area (Å²) in [5, 5.41) is 27.3. The number of likely N-dealkylation sites (N-methyl/N-ethyl adjacent to an activating group) is 1. The summed E-state index contributed by atoms with van der Waals surface area (Å²) in [5.74, 6) is 0.449.